The van der Waals surface area contributed by atoms with Crippen LogP contribution in [0.3, 0.4) is 0 Å². The first kappa shape index (κ1) is 14.3. The zero-order chi connectivity index (χ0) is 14.8. The molecule has 21 heavy (non-hydrogen) atoms. The summed E-state index contributed by atoms with van der Waals surface area (Å²) in [7, 11) is 0. The third-order valence-electron chi connectivity index (χ3n) is 4.00. The van der Waals surface area contributed by atoms with Gasteiger partial charge < -0.3 is 9.26 Å². The van der Waals surface area contributed by atoms with Crippen molar-refractivity contribution in [3.8, 4) is 0 Å². The summed E-state index contributed by atoms with van der Waals surface area (Å²) < 4.78 is 12.7. The Morgan fingerprint density at radius 1 is 1.24 bits per heavy atom. The lowest BCUT2D eigenvalue weighted by Crippen LogP contribution is -2.15. The molecule has 0 bridgehead atoms. The largest absolute Gasteiger partial charge is 0.381 e. The molecule has 3 rings (SSSR count). The van der Waals surface area contributed by atoms with Gasteiger partial charge in [0.1, 0.15) is 6.04 Å². The first-order valence-electron chi connectivity index (χ1n) is 7.61. The molecule has 0 spiro atoms. The molecule has 0 aromatic carbocycles. The van der Waals surface area contributed by atoms with Gasteiger partial charge in [-0.3, -0.25) is 4.68 Å². The van der Waals surface area contributed by atoms with Crippen LogP contribution in [0.5, 0.6) is 0 Å². The van der Waals surface area contributed by atoms with E-state index in [-0.39, 0.29) is 12.0 Å². The standard InChI is InChI=1S/C15H22N4O2/c1-10(2)14-16-15(21-18-14)11(3)19-7-4-13(17-19)12-5-8-20-9-6-12/h4,7,10-12H,5-6,8-9H2,1-3H3. The van der Waals surface area contributed by atoms with Crippen molar-refractivity contribution in [3.63, 3.8) is 0 Å². The summed E-state index contributed by atoms with van der Waals surface area (Å²) in [6.45, 7) is 7.79. The SMILES string of the molecule is CC(C)c1noc(C(C)n2ccc(C3CCOCC3)n2)n1. The normalized spacial score (nSPS) is 18.3. The van der Waals surface area contributed by atoms with Crippen LogP contribution in [-0.4, -0.2) is 33.1 Å². The maximum Gasteiger partial charge on any atom is 0.251 e. The number of rotatable bonds is 4. The summed E-state index contributed by atoms with van der Waals surface area (Å²) >= 11 is 0. The Balaban J connectivity index is 1.75. The van der Waals surface area contributed by atoms with Crippen LogP contribution in [0.4, 0.5) is 0 Å². The minimum atomic E-state index is -0.0430. The van der Waals surface area contributed by atoms with Crippen molar-refractivity contribution >= 4 is 0 Å². The zero-order valence-electron chi connectivity index (χ0n) is 12.8. The number of nitrogens with zero attached hydrogens (tertiary/aromatic N) is 4. The number of ether oxygens (including phenoxy) is 1. The molecule has 0 aliphatic carbocycles. The Bertz CT molecular complexity index is 584. The second-order valence-electron chi connectivity index (χ2n) is 5.93. The van der Waals surface area contributed by atoms with E-state index in [1.54, 1.807) is 0 Å². The first-order valence-corrected chi connectivity index (χ1v) is 7.61. The number of aromatic nitrogens is 4. The van der Waals surface area contributed by atoms with Gasteiger partial charge in [0.25, 0.3) is 5.89 Å². The van der Waals surface area contributed by atoms with Crippen LogP contribution in [0.2, 0.25) is 0 Å². The molecule has 3 heterocycles. The van der Waals surface area contributed by atoms with E-state index in [1.807, 2.05) is 17.8 Å². The molecular formula is C15H22N4O2. The van der Waals surface area contributed by atoms with Crippen molar-refractivity contribution in [3.05, 3.63) is 29.7 Å². The van der Waals surface area contributed by atoms with Crippen molar-refractivity contribution in [1.29, 1.82) is 0 Å². The van der Waals surface area contributed by atoms with E-state index in [2.05, 4.69) is 30.1 Å². The van der Waals surface area contributed by atoms with Gasteiger partial charge in [-0.2, -0.15) is 10.1 Å². The third-order valence-corrected chi connectivity index (χ3v) is 4.00. The van der Waals surface area contributed by atoms with Gasteiger partial charge >= 0.3 is 0 Å². The van der Waals surface area contributed by atoms with Crippen molar-refractivity contribution in [2.24, 2.45) is 0 Å². The molecule has 6 heteroatoms. The molecule has 1 atom stereocenters. The lowest BCUT2D eigenvalue weighted by molar-refractivity contribution is 0.0843. The smallest absolute Gasteiger partial charge is 0.251 e. The van der Waals surface area contributed by atoms with E-state index in [0.29, 0.717) is 11.8 Å². The van der Waals surface area contributed by atoms with Gasteiger partial charge in [-0.15, -0.1) is 0 Å². The monoisotopic (exact) mass is 290 g/mol. The van der Waals surface area contributed by atoms with Gasteiger partial charge in [-0.25, -0.2) is 0 Å². The Morgan fingerprint density at radius 2 is 2.00 bits per heavy atom. The van der Waals surface area contributed by atoms with Crippen molar-refractivity contribution < 1.29 is 9.26 Å². The summed E-state index contributed by atoms with van der Waals surface area (Å²) in [4.78, 5) is 4.45. The van der Waals surface area contributed by atoms with Gasteiger partial charge in [0.15, 0.2) is 5.82 Å². The molecule has 6 nitrogen and oxygen atoms in total. The van der Waals surface area contributed by atoms with Crippen LogP contribution in [-0.2, 0) is 4.74 Å². The zero-order valence-corrected chi connectivity index (χ0v) is 12.8. The Labute approximate surface area is 124 Å². The van der Waals surface area contributed by atoms with Gasteiger partial charge in [0.2, 0.25) is 0 Å². The third kappa shape index (κ3) is 3.00. The second-order valence-corrected chi connectivity index (χ2v) is 5.93. The quantitative estimate of drug-likeness (QED) is 0.866. The molecule has 1 unspecified atom stereocenters. The van der Waals surface area contributed by atoms with Gasteiger partial charge in [0, 0.05) is 31.2 Å². The van der Waals surface area contributed by atoms with E-state index in [4.69, 9.17) is 14.4 Å². The van der Waals surface area contributed by atoms with Crippen LogP contribution in [0.1, 0.15) is 68.9 Å². The molecule has 0 saturated carbocycles. The van der Waals surface area contributed by atoms with E-state index < -0.39 is 0 Å². The van der Waals surface area contributed by atoms with Crippen LogP contribution < -0.4 is 0 Å². The molecule has 114 valence electrons. The molecular weight excluding hydrogens is 268 g/mol. The topological polar surface area (TPSA) is 66.0 Å². The van der Waals surface area contributed by atoms with Crippen molar-refractivity contribution in [1.82, 2.24) is 19.9 Å². The van der Waals surface area contributed by atoms with E-state index in [9.17, 15) is 0 Å². The highest BCUT2D eigenvalue weighted by Crippen LogP contribution is 2.26. The molecule has 2 aromatic rings. The molecule has 0 N–H and O–H groups in total. The van der Waals surface area contributed by atoms with Crippen LogP contribution in [0.25, 0.3) is 0 Å². The summed E-state index contributed by atoms with van der Waals surface area (Å²) in [5.74, 6) is 2.13. The average molecular weight is 290 g/mol. The molecule has 1 saturated heterocycles. The average Bonchev–Trinajstić information content (AvgIpc) is 3.17. The van der Waals surface area contributed by atoms with Crippen LogP contribution in [0, 0.1) is 0 Å². The fraction of sp³-hybridized carbons (Fsp3) is 0.667. The van der Waals surface area contributed by atoms with Crippen LogP contribution in [0.15, 0.2) is 16.8 Å². The minimum Gasteiger partial charge on any atom is -0.381 e. The number of hydrogen-bond acceptors (Lipinski definition) is 5. The maximum atomic E-state index is 5.40. The van der Waals surface area contributed by atoms with Gasteiger partial charge in [-0.05, 0) is 25.8 Å². The molecule has 1 aliphatic heterocycles. The van der Waals surface area contributed by atoms with E-state index >= 15 is 0 Å². The fourth-order valence-corrected chi connectivity index (χ4v) is 2.54. The first-order chi connectivity index (χ1) is 10.1. The van der Waals surface area contributed by atoms with E-state index in [0.717, 1.165) is 37.6 Å². The highest BCUT2D eigenvalue weighted by atomic mass is 16.5. The van der Waals surface area contributed by atoms with Crippen LogP contribution >= 0.6 is 0 Å². The predicted octanol–water partition coefficient (Wildman–Crippen LogP) is 2.89. The lowest BCUT2D eigenvalue weighted by Gasteiger charge is -2.20. The van der Waals surface area contributed by atoms with E-state index in [1.165, 1.54) is 0 Å². The Hall–Kier alpha value is -1.69. The Morgan fingerprint density at radius 3 is 2.67 bits per heavy atom. The summed E-state index contributed by atoms with van der Waals surface area (Å²) in [6, 6.07) is 2.05. The summed E-state index contributed by atoms with van der Waals surface area (Å²) in [5, 5.41) is 8.71. The number of hydrogen-bond donors (Lipinski definition) is 0. The van der Waals surface area contributed by atoms with Crippen molar-refractivity contribution in [2.75, 3.05) is 13.2 Å². The van der Waals surface area contributed by atoms with Crippen molar-refractivity contribution in [2.45, 2.75) is 51.5 Å². The molecule has 1 fully saturated rings. The Kier molecular flexibility index (Phi) is 4.05. The predicted molar refractivity (Wildman–Crippen MR) is 77.2 cm³/mol. The summed E-state index contributed by atoms with van der Waals surface area (Å²) in [5.41, 5.74) is 1.13. The highest BCUT2D eigenvalue weighted by molar-refractivity contribution is 5.09. The maximum absolute atomic E-state index is 5.40. The summed E-state index contributed by atoms with van der Waals surface area (Å²) in [6.07, 6.45) is 4.08. The highest BCUT2D eigenvalue weighted by Gasteiger charge is 2.22. The lowest BCUT2D eigenvalue weighted by atomic mass is 9.97. The second kappa shape index (κ2) is 5.97. The molecule has 1 aliphatic rings. The van der Waals surface area contributed by atoms with Gasteiger partial charge in [0.05, 0.1) is 5.69 Å². The molecule has 0 amide bonds. The molecule has 0 radical (unpaired) electrons. The minimum absolute atomic E-state index is 0.0430. The van der Waals surface area contributed by atoms with Gasteiger partial charge in [-0.1, -0.05) is 19.0 Å². The molecule has 2 aromatic heterocycles. The fourth-order valence-electron chi connectivity index (χ4n) is 2.54.